The zero-order chi connectivity index (χ0) is 18.6. The molecule has 0 fully saturated rings. The van der Waals surface area contributed by atoms with Crippen LogP contribution in [0.3, 0.4) is 0 Å². The highest BCUT2D eigenvalue weighted by Gasteiger charge is 2.09. The van der Waals surface area contributed by atoms with Crippen molar-refractivity contribution in [3.05, 3.63) is 69.6 Å². The van der Waals surface area contributed by atoms with Crippen molar-refractivity contribution < 1.29 is 4.79 Å². The fraction of sp³-hybridized carbons (Fsp3) is 0.0952. The molecule has 1 amide bonds. The maximum Gasteiger partial charge on any atom is 0.270 e. The van der Waals surface area contributed by atoms with Gasteiger partial charge >= 0.3 is 0 Å². The Hall–Kier alpha value is -3.01. The first-order valence-electron chi connectivity index (χ1n) is 8.36. The van der Waals surface area contributed by atoms with E-state index in [9.17, 15) is 4.79 Å². The van der Waals surface area contributed by atoms with Gasteiger partial charge in [-0.05, 0) is 29.5 Å². The summed E-state index contributed by atoms with van der Waals surface area (Å²) >= 11 is 2.95. The summed E-state index contributed by atoms with van der Waals surface area (Å²) in [6.45, 7) is 0.547. The Balaban J connectivity index is 1.39. The predicted molar refractivity (Wildman–Crippen MR) is 111 cm³/mol. The van der Waals surface area contributed by atoms with Crippen molar-refractivity contribution >= 4 is 38.8 Å². The standard InChI is InChI=1S/C21H15N3OS2/c1-2-19-24-18(12-26-19)21(25)22-11-10-14-6-8-15(9-7-14)16-4-3-5-17-20(16)27-13-23-17/h1,3-9,12-13H,10-11H2,(H,22,25). The summed E-state index contributed by atoms with van der Waals surface area (Å²) in [7, 11) is 0. The van der Waals surface area contributed by atoms with E-state index < -0.39 is 0 Å². The summed E-state index contributed by atoms with van der Waals surface area (Å²) in [5, 5.41) is 5.08. The molecular weight excluding hydrogens is 374 g/mol. The number of rotatable bonds is 5. The third kappa shape index (κ3) is 3.75. The van der Waals surface area contributed by atoms with Gasteiger partial charge in [-0.2, -0.15) is 0 Å². The molecule has 4 nitrogen and oxygen atoms in total. The van der Waals surface area contributed by atoms with Gasteiger partial charge < -0.3 is 5.32 Å². The average Bonchev–Trinajstić information content (AvgIpc) is 3.37. The first kappa shape index (κ1) is 17.4. The van der Waals surface area contributed by atoms with Crippen LogP contribution in [0.5, 0.6) is 0 Å². The topological polar surface area (TPSA) is 54.9 Å². The van der Waals surface area contributed by atoms with E-state index in [1.54, 1.807) is 16.7 Å². The molecule has 0 atom stereocenters. The summed E-state index contributed by atoms with van der Waals surface area (Å²) < 4.78 is 1.20. The summed E-state index contributed by atoms with van der Waals surface area (Å²) in [5.41, 5.74) is 6.81. The highest BCUT2D eigenvalue weighted by atomic mass is 32.1. The highest BCUT2D eigenvalue weighted by Crippen LogP contribution is 2.31. The van der Waals surface area contributed by atoms with E-state index in [1.165, 1.54) is 27.2 Å². The summed E-state index contributed by atoms with van der Waals surface area (Å²) in [4.78, 5) is 20.5. The SMILES string of the molecule is C#Cc1nc(C(=O)NCCc2ccc(-c3cccc4ncsc34)cc2)cs1. The maximum atomic E-state index is 12.1. The van der Waals surface area contributed by atoms with E-state index in [4.69, 9.17) is 6.42 Å². The fourth-order valence-corrected chi connectivity index (χ4v) is 4.25. The minimum atomic E-state index is -0.193. The Bertz CT molecular complexity index is 1140. The number of carbonyl (C=O) groups is 1. The number of fused-ring (bicyclic) bond motifs is 1. The van der Waals surface area contributed by atoms with Crippen LogP contribution in [0.2, 0.25) is 0 Å². The van der Waals surface area contributed by atoms with Crippen molar-refractivity contribution in [2.24, 2.45) is 0 Å². The van der Waals surface area contributed by atoms with Crippen LogP contribution in [0, 0.1) is 12.3 Å². The van der Waals surface area contributed by atoms with E-state index in [2.05, 4.69) is 51.5 Å². The van der Waals surface area contributed by atoms with Gasteiger partial charge in [0.1, 0.15) is 5.69 Å². The number of nitrogens with zero attached hydrogens (tertiary/aromatic N) is 2. The third-order valence-electron chi connectivity index (χ3n) is 4.18. The number of amides is 1. The van der Waals surface area contributed by atoms with Crippen LogP contribution in [0.25, 0.3) is 21.3 Å². The molecule has 4 aromatic rings. The molecular formula is C21H15N3OS2. The second-order valence-electron chi connectivity index (χ2n) is 5.89. The molecule has 2 heterocycles. The molecule has 0 saturated heterocycles. The lowest BCUT2D eigenvalue weighted by Crippen LogP contribution is -2.25. The minimum Gasteiger partial charge on any atom is -0.350 e. The quantitative estimate of drug-likeness (QED) is 0.516. The van der Waals surface area contributed by atoms with Crippen LogP contribution in [-0.2, 0) is 6.42 Å². The molecule has 132 valence electrons. The van der Waals surface area contributed by atoms with Crippen molar-refractivity contribution in [3.63, 3.8) is 0 Å². The normalized spacial score (nSPS) is 10.6. The fourth-order valence-electron chi connectivity index (χ4n) is 2.82. The molecule has 27 heavy (non-hydrogen) atoms. The number of aromatic nitrogens is 2. The highest BCUT2D eigenvalue weighted by molar-refractivity contribution is 7.17. The van der Waals surface area contributed by atoms with Crippen LogP contribution in [-0.4, -0.2) is 22.4 Å². The zero-order valence-corrected chi connectivity index (χ0v) is 15.9. The molecule has 0 radical (unpaired) electrons. The first-order valence-corrected chi connectivity index (χ1v) is 10.1. The van der Waals surface area contributed by atoms with Gasteiger partial charge in [-0.15, -0.1) is 29.1 Å². The Morgan fingerprint density at radius 3 is 2.78 bits per heavy atom. The molecule has 6 heteroatoms. The molecule has 0 aliphatic rings. The van der Waals surface area contributed by atoms with Crippen LogP contribution in [0.15, 0.2) is 53.4 Å². The molecule has 0 spiro atoms. The molecule has 0 aliphatic carbocycles. The van der Waals surface area contributed by atoms with E-state index in [0.29, 0.717) is 17.2 Å². The molecule has 0 bridgehead atoms. The predicted octanol–water partition coefficient (Wildman–Crippen LogP) is 4.37. The smallest absolute Gasteiger partial charge is 0.270 e. The minimum absolute atomic E-state index is 0.193. The molecule has 0 aliphatic heterocycles. The summed E-state index contributed by atoms with van der Waals surface area (Å²) in [6.07, 6.45) is 6.03. The Morgan fingerprint density at radius 1 is 1.15 bits per heavy atom. The molecule has 0 saturated carbocycles. The second kappa shape index (κ2) is 7.70. The van der Waals surface area contributed by atoms with Gasteiger partial charge in [-0.1, -0.05) is 36.4 Å². The van der Waals surface area contributed by atoms with Gasteiger partial charge in [0.15, 0.2) is 5.01 Å². The van der Waals surface area contributed by atoms with Crippen molar-refractivity contribution in [1.29, 1.82) is 0 Å². The maximum absolute atomic E-state index is 12.1. The lowest BCUT2D eigenvalue weighted by molar-refractivity contribution is 0.0950. The Morgan fingerprint density at radius 2 is 2.00 bits per heavy atom. The Labute approximate surface area is 164 Å². The number of hydrogen-bond acceptors (Lipinski definition) is 5. The van der Waals surface area contributed by atoms with Gasteiger partial charge in [0.2, 0.25) is 0 Å². The van der Waals surface area contributed by atoms with Crippen molar-refractivity contribution in [2.45, 2.75) is 6.42 Å². The van der Waals surface area contributed by atoms with Gasteiger partial charge in [-0.3, -0.25) is 4.79 Å². The average molecular weight is 390 g/mol. The largest absolute Gasteiger partial charge is 0.350 e. The van der Waals surface area contributed by atoms with Gasteiger partial charge in [0.05, 0.1) is 15.7 Å². The van der Waals surface area contributed by atoms with E-state index in [1.807, 2.05) is 17.6 Å². The van der Waals surface area contributed by atoms with Gasteiger partial charge in [-0.25, -0.2) is 9.97 Å². The van der Waals surface area contributed by atoms with Crippen molar-refractivity contribution in [2.75, 3.05) is 6.54 Å². The molecule has 2 aromatic carbocycles. The summed E-state index contributed by atoms with van der Waals surface area (Å²) in [6, 6.07) is 14.6. The van der Waals surface area contributed by atoms with E-state index in [0.717, 1.165) is 17.5 Å². The molecule has 4 rings (SSSR count). The number of benzene rings is 2. The van der Waals surface area contributed by atoms with Crippen LogP contribution >= 0.6 is 22.7 Å². The molecule has 0 unspecified atom stereocenters. The number of carbonyl (C=O) groups excluding carboxylic acids is 1. The molecule has 2 aromatic heterocycles. The van der Waals surface area contributed by atoms with Crippen LogP contribution < -0.4 is 5.32 Å². The monoisotopic (exact) mass is 389 g/mol. The zero-order valence-electron chi connectivity index (χ0n) is 14.3. The number of terminal acetylenes is 1. The second-order valence-corrected chi connectivity index (χ2v) is 7.60. The number of thiazole rings is 2. The number of nitrogens with one attached hydrogen (secondary N) is 1. The van der Waals surface area contributed by atoms with E-state index in [-0.39, 0.29) is 5.91 Å². The molecule has 1 N–H and O–H groups in total. The first-order chi connectivity index (χ1) is 13.2. The van der Waals surface area contributed by atoms with Crippen molar-refractivity contribution in [3.8, 4) is 23.5 Å². The van der Waals surface area contributed by atoms with Crippen molar-refractivity contribution in [1.82, 2.24) is 15.3 Å². The van der Waals surface area contributed by atoms with Crippen LogP contribution in [0.1, 0.15) is 21.1 Å². The lowest BCUT2D eigenvalue weighted by Gasteiger charge is -2.06. The third-order valence-corrected chi connectivity index (χ3v) is 5.83. The van der Waals surface area contributed by atoms with Gasteiger partial charge in [0.25, 0.3) is 5.91 Å². The summed E-state index contributed by atoms with van der Waals surface area (Å²) in [5.74, 6) is 2.24. The Kier molecular flexibility index (Phi) is 4.97. The van der Waals surface area contributed by atoms with Crippen LogP contribution in [0.4, 0.5) is 0 Å². The van der Waals surface area contributed by atoms with E-state index >= 15 is 0 Å². The lowest BCUT2D eigenvalue weighted by atomic mass is 10.0. The van der Waals surface area contributed by atoms with Gasteiger partial charge in [0, 0.05) is 17.5 Å². The number of hydrogen-bond donors (Lipinski definition) is 1.